The van der Waals surface area contributed by atoms with Crippen molar-refractivity contribution in [3.8, 4) is 5.75 Å². The second kappa shape index (κ2) is 7.84. The molecule has 1 aliphatic rings. The van der Waals surface area contributed by atoms with E-state index in [0.29, 0.717) is 17.5 Å². The van der Waals surface area contributed by atoms with E-state index in [1.807, 2.05) is 26.0 Å². The van der Waals surface area contributed by atoms with Crippen molar-refractivity contribution in [2.75, 3.05) is 5.32 Å². The first-order chi connectivity index (χ1) is 13.6. The van der Waals surface area contributed by atoms with Gasteiger partial charge in [-0.1, -0.05) is 5.16 Å². The highest BCUT2D eigenvalue weighted by Gasteiger charge is 2.29. The summed E-state index contributed by atoms with van der Waals surface area (Å²) in [5, 5.41) is 13.8. The van der Waals surface area contributed by atoms with E-state index >= 15 is 0 Å². The van der Waals surface area contributed by atoms with E-state index in [-0.39, 0.29) is 18.4 Å². The molecule has 8 heteroatoms. The zero-order valence-corrected chi connectivity index (χ0v) is 15.9. The van der Waals surface area contributed by atoms with Gasteiger partial charge in [0.05, 0.1) is 24.4 Å². The van der Waals surface area contributed by atoms with Gasteiger partial charge in [0.25, 0.3) is 0 Å². The van der Waals surface area contributed by atoms with Crippen LogP contribution in [-0.2, 0) is 11.2 Å². The Hall–Kier alpha value is -3.16. The maximum absolute atomic E-state index is 12.1. The summed E-state index contributed by atoms with van der Waals surface area (Å²) >= 11 is 0. The van der Waals surface area contributed by atoms with Crippen molar-refractivity contribution in [2.45, 2.75) is 51.6 Å². The minimum absolute atomic E-state index is 0.132. The van der Waals surface area contributed by atoms with Crippen LogP contribution in [0.1, 0.15) is 47.9 Å². The standard InChI is InChI=1S/C20H23N5O3/c1-12-5-6-21-11-18(12)27-15-4-3-14(8-15)17-10-19(24-23-17)22-20(26)9-16-7-13(2)25-28-16/h5-7,10-11,14-15H,3-4,8-9H2,1-2H3,(H2,22,23,24,26)/t14-,15+/m0/s1. The fourth-order valence-corrected chi connectivity index (χ4v) is 3.54. The molecule has 1 fully saturated rings. The minimum atomic E-state index is -0.186. The van der Waals surface area contributed by atoms with Gasteiger partial charge < -0.3 is 14.6 Å². The van der Waals surface area contributed by atoms with Crippen LogP contribution in [-0.4, -0.2) is 32.3 Å². The zero-order valence-electron chi connectivity index (χ0n) is 15.9. The van der Waals surface area contributed by atoms with Gasteiger partial charge in [0, 0.05) is 29.9 Å². The maximum Gasteiger partial charge on any atom is 0.233 e. The molecule has 3 aromatic rings. The number of anilines is 1. The molecule has 0 unspecified atom stereocenters. The van der Waals surface area contributed by atoms with Crippen molar-refractivity contribution in [3.63, 3.8) is 0 Å². The Morgan fingerprint density at radius 3 is 3.04 bits per heavy atom. The molecule has 0 radical (unpaired) electrons. The minimum Gasteiger partial charge on any atom is -0.489 e. The van der Waals surface area contributed by atoms with Gasteiger partial charge in [0.15, 0.2) is 5.82 Å². The molecule has 28 heavy (non-hydrogen) atoms. The molecule has 0 spiro atoms. The predicted octanol–water partition coefficient (Wildman–Crippen LogP) is 3.31. The number of nitrogens with one attached hydrogen (secondary N) is 2. The topological polar surface area (TPSA) is 106 Å². The fraction of sp³-hybridized carbons (Fsp3) is 0.400. The largest absolute Gasteiger partial charge is 0.489 e. The highest BCUT2D eigenvalue weighted by molar-refractivity contribution is 5.91. The molecule has 0 saturated heterocycles. The van der Waals surface area contributed by atoms with Crippen LogP contribution in [0.25, 0.3) is 0 Å². The van der Waals surface area contributed by atoms with Gasteiger partial charge in [-0.15, -0.1) is 0 Å². The number of amides is 1. The number of aromatic nitrogens is 4. The van der Waals surface area contributed by atoms with Gasteiger partial charge in [-0.2, -0.15) is 5.10 Å². The number of rotatable bonds is 6. The van der Waals surface area contributed by atoms with E-state index in [1.54, 1.807) is 18.5 Å². The molecule has 4 rings (SSSR count). The molecule has 2 N–H and O–H groups in total. The molecule has 1 amide bonds. The Morgan fingerprint density at radius 2 is 2.25 bits per heavy atom. The quantitative estimate of drug-likeness (QED) is 0.678. The summed E-state index contributed by atoms with van der Waals surface area (Å²) < 4.78 is 11.2. The van der Waals surface area contributed by atoms with Crippen LogP contribution in [0, 0.1) is 13.8 Å². The molecule has 0 aliphatic heterocycles. The Morgan fingerprint density at radius 1 is 1.36 bits per heavy atom. The second-order valence-corrected chi connectivity index (χ2v) is 7.26. The van der Waals surface area contributed by atoms with Crippen molar-refractivity contribution < 1.29 is 14.1 Å². The number of aryl methyl sites for hydroxylation is 2. The van der Waals surface area contributed by atoms with Gasteiger partial charge in [-0.25, -0.2) is 0 Å². The third-order valence-electron chi connectivity index (χ3n) is 4.99. The van der Waals surface area contributed by atoms with E-state index in [0.717, 1.165) is 42.0 Å². The predicted molar refractivity (Wildman–Crippen MR) is 102 cm³/mol. The molecule has 0 bridgehead atoms. The number of nitrogens with zero attached hydrogens (tertiary/aromatic N) is 3. The first kappa shape index (κ1) is 18.2. The van der Waals surface area contributed by atoms with Crippen LogP contribution < -0.4 is 10.1 Å². The van der Waals surface area contributed by atoms with Crippen molar-refractivity contribution in [2.24, 2.45) is 0 Å². The first-order valence-corrected chi connectivity index (χ1v) is 9.41. The lowest BCUT2D eigenvalue weighted by Crippen LogP contribution is -2.14. The molecular formula is C20H23N5O3. The zero-order chi connectivity index (χ0) is 19.5. The lowest BCUT2D eigenvalue weighted by molar-refractivity contribution is -0.115. The summed E-state index contributed by atoms with van der Waals surface area (Å²) in [6.45, 7) is 3.84. The third-order valence-corrected chi connectivity index (χ3v) is 4.99. The third kappa shape index (κ3) is 4.21. The van der Waals surface area contributed by atoms with Crippen molar-refractivity contribution in [1.29, 1.82) is 0 Å². The lowest BCUT2D eigenvalue weighted by atomic mass is 10.0. The van der Waals surface area contributed by atoms with Crippen LogP contribution in [0.4, 0.5) is 5.82 Å². The van der Waals surface area contributed by atoms with Gasteiger partial charge in [-0.3, -0.25) is 14.9 Å². The van der Waals surface area contributed by atoms with E-state index in [2.05, 4.69) is 25.7 Å². The number of pyridine rings is 1. The molecule has 1 aliphatic carbocycles. The SMILES string of the molecule is Cc1cc(CC(=O)Nc2cc([C@H]3CC[C@@H](Oc4cnccc4C)C3)[nH]n2)on1. The van der Waals surface area contributed by atoms with Gasteiger partial charge in [-0.05, 0) is 44.7 Å². The Labute approximate surface area is 162 Å². The smallest absolute Gasteiger partial charge is 0.233 e. The van der Waals surface area contributed by atoms with Gasteiger partial charge in [0.2, 0.25) is 5.91 Å². The molecule has 3 heterocycles. The van der Waals surface area contributed by atoms with Crippen molar-refractivity contribution in [1.82, 2.24) is 20.3 Å². The average molecular weight is 381 g/mol. The van der Waals surface area contributed by atoms with Gasteiger partial charge in [0.1, 0.15) is 11.5 Å². The monoisotopic (exact) mass is 381 g/mol. The molecule has 2 atom stereocenters. The van der Waals surface area contributed by atoms with Crippen LogP contribution >= 0.6 is 0 Å². The maximum atomic E-state index is 12.1. The van der Waals surface area contributed by atoms with Crippen molar-refractivity contribution >= 4 is 11.7 Å². The molecular weight excluding hydrogens is 358 g/mol. The van der Waals surface area contributed by atoms with Crippen LogP contribution in [0.2, 0.25) is 0 Å². The number of carbonyl (C=O) groups is 1. The van der Waals surface area contributed by atoms with Crippen LogP contribution in [0.5, 0.6) is 5.75 Å². The van der Waals surface area contributed by atoms with E-state index < -0.39 is 0 Å². The fourth-order valence-electron chi connectivity index (χ4n) is 3.54. The molecule has 1 saturated carbocycles. The average Bonchev–Trinajstić information content (AvgIpc) is 3.39. The van der Waals surface area contributed by atoms with Gasteiger partial charge >= 0.3 is 0 Å². The Kier molecular flexibility index (Phi) is 5.10. The number of ether oxygens (including phenoxy) is 1. The lowest BCUT2D eigenvalue weighted by Gasteiger charge is -2.15. The number of H-pyrrole nitrogens is 1. The number of aromatic amines is 1. The Balaban J connectivity index is 1.32. The van der Waals surface area contributed by atoms with Crippen LogP contribution in [0.15, 0.2) is 35.1 Å². The summed E-state index contributed by atoms with van der Waals surface area (Å²) in [5.74, 6) is 2.04. The van der Waals surface area contributed by atoms with E-state index in [9.17, 15) is 4.79 Å². The van der Waals surface area contributed by atoms with Crippen molar-refractivity contribution in [3.05, 3.63) is 53.3 Å². The highest BCUT2D eigenvalue weighted by Crippen LogP contribution is 2.36. The molecule has 3 aromatic heterocycles. The number of hydrogen-bond donors (Lipinski definition) is 2. The normalized spacial score (nSPS) is 18.9. The first-order valence-electron chi connectivity index (χ1n) is 9.41. The highest BCUT2D eigenvalue weighted by atomic mass is 16.5. The molecule has 146 valence electrons. The number of carbonyl (C=O) groups excluding carboxylic acids is 1. The summed E-state index contributed by atoms with van der Waals surface area (Å²) in [7, 11) is 0. The molecule has 0 aromatic carbocycles. The summed E-state index contributed by atoms with van der Waals surface area (Å²) in [5.41, 5.74) is 2.86. The second-order valence-electron chi connectivity index (χ2n) is 7.26. The summed E-state index contributed by atoms with van der Waals surface area (Å²) in [4.78, 5) is 16.3. The number of hydrogen-bond acceptors (Lipinski definition) is 6. The summed E-state index contributed by atoms with van der Waals surface area (Å²) in [6, 6.07) is 5.59. The van der Waals surface area contributed by atoms with E-state index in [1.165, 1.54) is 0 Å². The van der Waals surface area contributed by atoms with Crippen LogP contribution in [0.3, 0.4) is 0 Å². The molecule has 8 nitrogen and oxygen atoms in total. The summed E-state index contributed by atoms with van der Waals surface area (Å²) in [6.07, 6.45) is 6.71. The Bertz CT molecular complexity index is 964. The van der Waals surface area contributed by atoms with E-state index in [4.69, 9.17) is 9.26 Å².